The summed E-state index contributed by atoms with van der Waals surface area (Å²) in [5, 5.41) is 3.44. The molecule has 3 aromatic rings. The second-order valence-corrected chi connectivity index (χ2v) is 4.93. The molecule has 0 aliphatic carbocycles. The van der Waals surface area contributed by atoms with E-state index in [4.69, 9.17) is 5.73 Å². The summed E-state index contributed by atoms with van der Waals surface area (Å²) >= 11 is 0. The molecule has 2 N–H and O–H groups in total. The highest BCUT2D eigenvalue weighted by atomic mass is 19.4. The maximum absolute atomic E-state index is 13.3. The number of hydrogen-bond acceptors (Lipinski definition) is 5. The van der Waals surface area contributed by atoms with Crippen LogP contribution < -0.4 is 5.73 Å². The summed E-state index contributed by atoms with van der Waals surface area (Å²) in [4.78, 5) is 22.1. The first-order valence-electron chi connectivity index (χ1n) is 6.65. The molecule has 0 saturated carbocycles. The normalized spacial score (nSPS) is 11.7. The zero-order valence-corrected chi connectivity index (χ0v) is 12.5. The smallest absolute Gasteiger partial charge is 0.363 e. The van der Waals surface area contributed by atoms with Gasteiger partial charge in [-0.2, -0.15) is 18.3 Å². The highest BCUT2D eigenvalue weighted by molar-refractivity contribution is 5.90. The van der Waals surface area contributed by atoms with Gasteiger partial charge in [0.2, 0.25) is 0 Å². The van der Waals surface area contributed by atoms with E-state index in [9.17, 15) is 22.4 Å². The Balaban J connectivity index is 2.19. The molecule has 0 radical (unpaired) electrons. The van der Waals surface area contributed by atoms with Crippen molar-refractivity contribution in [3.05, 3.63) is 42.1 Å². The summed E-state index contributed by atoms with van der Waals surface area (Å²) in [7, 11) is 1.34. The van der Waals surface area contributed by atoms with Crippen molar-refractivity contribution in [2.24, 2.45) is 12.8 Å². The molecule has 25 heavy (non-hydrogen) atoms. The molecule has 0 aliphatic rings. The minimum atomic E-state index is -4.79. The number of nitrogens with two attached hydrogens (primary N) is 1. The molecule has 0 aliphatic heterocycles. The van der Waals surface area contributed by atoms with Crippen LogP contribution in [0.3, 0.4) is 0 Å². The number of halogens is 4. The van der Waals surface area contributed by atoms with Crippen molar-refractivity contribution in [1.29, 1.82) is 0 Å². The van der Waals surface area contributed by atoms with Gasteiger partial charge in [-0.15, -0.1) is 0 Å². The van der Waals surface area contributed by atoms with Crippen molar-refractivity contribution in [2.45, 2.75) is 6.18 Å². The van der Waals surface area contributed by atoms with Crippen LogP contribution in [-0.2, 0) is 13.2 Å². The first kappa shape index (κ1) is 16.5. The van der Waals surface area contributed by atoms with Crippen molar-refractivity contribution in [1.82, 2.24) is 29.3 Å². The molecule has 0 fully saturated rings. The van der Waals surface area contributed by atoms with Gasteiger partial charge in [-0.25, -0.2) is 24.0 Å². The Morgan fingerprint density at radius 1 is 1.16 bits per heavy atom. The average Bonchev–Trinajstić information content (AvgIpc) is 3.11. The summed E-state index contributed by atoms with van der Waals surface area (Å²) in [5.41, 5.74) is 3.49. The SMILES string of the molecule is Cn1c(-c2cn(-c3ncc(F)cn3)nc2C(F)(F)F)cnc1C(N)=O. The molecule has 0 unspecified atom stereocenters. The Labute approximate surface area is 136 Å². The zero-order valence-electron chi connectivity index (χ0n) is 12.5. The second kappa shape index (κ2) is 5.65. The quantitative estimate of drug-likeness (QED) is 0.714. The summed E-state index contributed by atoms with van der Waals surface area (Å²) in [6, 6.07) is 0. The molecule has 3 aromatic heterocycles. The molecule has 0 aromatic carbocycles. The lowest BCUT2D eigenvalue weighted by Gasteiger charge is -2.07. The molecule has 130 valence electrons. The van der Waals surface area contributed by atoms with Gasteiger partial charge in [0.25, 0.3) is 11.9 Å². The Hall–Kier alpha value is -3.31. The van der Waals surface area contributed by atoms with Crippen LogP contribution in [0.5, 0.6) is 0 Å². The first-order chi connectivity index (χ1) is 11.7. The molecule has 3 rings (SSSR count). The van der Waals surface area contributed by atoms with Gasteiger partial charge < -0.3 is 10.3 Å². The molecule has 0 atom stereocenters. The molecule has 1 amide bonds. The highest BCUT2D eigenvalue weighted by Gasteiger charge is 2.39. The number of imidazole rings is 1. The van der Waals surface area contributed by atoms with Gasteiger partial charge >= 0.3 is 6.18 Å². The fraction of sp³-hybridized carbons (Fsp3) is 0.154. The van der Waals surface area contributed by atoms with Crippen LogP contribution in [0.25, 0.3) is 17.2 Å². The van der Waals surface area contributed by atoms with Crippen LogP contribution in [0.2, 0.25) is 0 Å². The van der Waals surface area contributed by atoms with Gasteiger partial charge in [0.05, 0.1) is 29.8 Å². The zero-order chi connectivity index (χ0) is 18.4. The van der Waals surface area contributed by atoms with E-state index in [1.54, 1.807) is 0 Å². The number of primary amides is 1. The van der Waals surface area contributed by atoms with Gasteiger partial charge in [-0.05, 0) is 0 Å². The first-order valence-corrected chi connectivity index (χ1v) is 6.65. The molecular weight excluding hydrogens is 346 g/mol. The largest absolute Gasteiger partial charge is 0.435 e. The van der Waals surface area contributed by atoms with Crippen molar-refractivity contribution in [3.63, 3.8) is 0 Å². The predicted molar refractivity (Wildman–Crippen MR) is 74.8 cm³/mol. The monoisotopic (exact) mass is 355 g/mol. The molecule has 12 heteroatoms. The molecule has 0 bridgehead atoms. The van der Waals surface area contributed by atoms with Gasteiger partial charge in [0, 0.05) is 13.2 Å². The van der Waals surface area contributed by atoms with Crippen molar-refractivity contribution in [3.8, 4) is 17.2 Å². The van der Waals surface area contributed by atoms with Crippen LogP contribution in [0.4, 0.5) is 17.6 Å². The Morgan fingerprint density at radius 3 is 2.32 bits per heavy atom. The van der Waals surface area contributed by atoms with Crippen LogP contribution in [0, 0.1) is 5.82 Å². The topological polar surface area (TPSA) is 105 Å². The summed E-state index contributed by atoms with van der Waals surface area (Å²) in [6.07, 6.45) is -1.11. The van der Waals surface area contributed by atoms with E-state index >= 15 is 0 Å². The molecule has 0 spiro atoms. The van der Waals surface area contributed by atoms with Gasteiger partial charge in [0.1, 0.15) is 0 Å². The lowest BCUT2D eigenvalue weighted by Crippen LogP contribution is -2.17. The molecular formula is C13H9F4N7O. The van der Waals surface area contributed by atoms with Crippen LogP contribution in [-0.4, -0.2) is 35.2 Å². The Kier molecular flexibility index (Phi) is 3.74. The van der Waals surface area contributed by atoms with E-state index in [0.29, 0.717) is 0 Å². The standard InChI is InChI=1S/C13H9F4N7O/c1-23-8(4-19-11(23)10(18)25)7-5-24(22-9(7)13(15,16)17)12-20-2-6(14)3-21-12/h2-5H,1H3,(H2,18,25). The summed E-state index contributed by atoms with van der Waals surface area (Å²) in [6.45, 7) is 0. The number of aromatic nitrogens is 6. The molecule has 3 heterocycles. The fourth-order valence-corrected chi connectivity index (χ4v) is 2.19. The second-order valence-electron chi connectivity index (χ2n) is 4.93. The third kappa shape index (κ3) is 2.93. The number of nitrogens with zero attached hydrogens (tertiary/aromatic N) is 6. The number of carbonyl (C=O) groups excluding carboxylic acids is 1. The maximum Gasteiger partial charge on any atom is 0.435 e. The predicted octanol–water partition coefficient (Wildman–Crippen LogP) is 1.32. The van der Waals surface area contributed by atoms with Crippen molar-refractivity contribution < 1.29 is 22.4 Å². The van der Waals surface area contributed by atoms with Gasteiger partial charge in [0.15, 0.2) is 17.3 Å². The van der Waals surface area contributed by atoms with Gasteiger partial charge in [-0.3, -0.25) is 4.79 Å². The number of hydrogen-bond donors (Lipinski definition) is 1. The third-order valence-corrected chi connectivity index (χ3v) is 3.28. The number of alkyl halides is 3. The lowest BCUT2D eigenvalue weighted by molar-refractivity contribution is -0.140. The van der Waals surface area contributed by atoms with E-state index < -0.39 is 23.6 Å². The number of carbonyl (C=O) groups is 1. The van der Waals surface area contributed by atoms with Crippen molar-refractivity contribution in [2.75, 3.05) is 0 Å². The highest BCUT2D eigenvalue weighted by Crippen LogP contribution is 2.36. The Morgan fingerprint density at radius 2 is 1.80 bits per heavy atom. The Bertz CT molecular complexity index is 942. The van der Waals surface area contributed by atoms with Crippen molar-refractivity contribution >= 4 is 5.91 Å². The minimum absolute atomic E-state index is 0.0329. The maximum atomic E-state index is 13.3. The number of rotatable bonds is 3. The number of amides is 1. The fourth-order valence-electron chi connectivity index (χ4n) is 2.19. The molecule has 0 saturated heterocycles. The van der Waals surface area contributed by atoms with E-state index in [1.807, 2.05) is 0 Å². The van der Waals surface area contributed by atoms with Crippen LogP contribution >= 0.6 is 0 Å². The van der Waals surface area contributed by atoms with E-state index in [0.717, 1.165) is 34.0 Å². The van der Waals surface area contributed by atoms with E-state index in [2.05, 4.69) is 20.1 Å². The minimum Gasteiger partial charge on any atom is -0.363 e. The van der Waals surface area contributed by atoms with Gasteiger partial charge in [-0.1, -0.05) is 0 Å². The molecule has 8 nitrogen and oxygen atoms in total. The van der Waals surface area contributed by atoms with Crippen LogP contribution in [0.1, 0.15) is 16.3 Å². The van der Waals surface area contributed by atoms with E-state index in [-0.39, 0.29) is 23.0 Å². The van der Waals surface area contributed by atoms with E-state index in [1.165, 1.54) is 7.05 Å². The lowest BCUT2D eigenvalue weighted by atomic mass is 10.2. The average molecular weight is 355 g/mol. The third-order valence-electron chi connectivity index (χ3n) is 3.28. The summed E-state index contributed by atoms with van der Waals surface area (Å²) < 4.78 is 54.7. The summed E-state index contributed by atoms with van der Waals surface area (Å²) in [5.74, 6) is -2.11. The van der Waals surface area contributed by atoms with Crippen LogP contribution in [0.15, 0.2) is 24.8 Å².